The number of hydrogen-bond acceptors (Lipinski definition) is 5. The minimum atomic E-state index is -0.213. The van der Waals surface area contributed by atoms with E-state index < -0.39 is 0 Å². The summed E-state index contributed by atoms with van der Waals surface area (Å²) < 4.78 is 19.2. The monoisotopic (exact) mass is 564 g/mol. The topological polar surface area (TPSA) is 85.9 Å². The third kappa shape index (κ3) is 8.13. The van der Waals surface area contributed by atoms with Crippen molar-refractivity contribution in [2.45, 2.75) is 39.1 Å². The average molecular weight is 565 g/mol. The number of benzene rings is 4. The van der Waals surface area contributed by atoms with E-state index in [2.05, 4.69) is 10.6 Å². The SMILES string of the molecule is O=C1CCC(C(=O)NCCc2ccc(OCc3ccccc3)c(OCc3ccccc3)c2OCc2ccccc2)CN1. The summed E-state index contributed by atoms with van der Waals surface area (Å²) >= 11 is 0. The Morgan fingerprint density at radius 2 is 1.26 bits per heavy atom. The van der Waals surface area contributed by atoms with Crippen molar-refractivity contribution >= 4 is 11.8 Å². The molecule has 1 aliphatic rings. The standard InChI is InChI=1S/C35H36N2O5/c38-32-19-17-30(22-37-32)35(39)36-21-20-29-16-18-31(40-23-26-10-4-1-5-11-26)34(42-25-28-14-8-3-9-15-28)33(29)41-24-27-12-6-2-7-13-27/h1-16,18,30H,17,19-25H2,(H,36,39)(H,37,38). The van der Waals surface area contributed by atoms with Gasteiger partial charge in [0, 0.05) is 25.1 Å². The van der Waals surface area contributed by atoms with E-state index in [0.29, 0.717) is 69.4 Å². The van der Waals surface area contributed by atoms with Gasteiger partial charge in [0.15, 0.2) is 11.5 Å². The van der Waals surface area contributed by atoms with E-state index in [9.17, 15) is 9.59 Å². The van der Waals surface area contributed by atoms with Gasteiger partial charge < -0.3 is 24.8 Å². The van der Waals surface area contributed by atoms with Crippen LogP contribution in [0, 0.1) is 5.92 Å². The van der Waals surface area contributed by atoms with Gasteiger partial charge in [0.05, 0.1) is 5.92 Å². The van der Waals surface area contributed by atoms with Gasteiger partial charge in [-0.25, -0.2) is 0 Å². The number of nitrogens with one attached hydrogen (secondary N) is 2. The summed E-state index contributed by atoms with van der Waals surface area (Å²) in [5.41, 5.74) is 4.00. The summed E-state index contributed by atoms with van der Waals surface area (Å²) in [4.78, 5) is 24.2. The van der Waals surface area contributed by atoms with E-state index in [1.807, 2.05) is 103 Å². The van der Waals surface area contributed by atoms with E-state index in [-0.39, 0.29) is 17.7 Å². The van der Waals surface area contributed by atoms with Gasteiger partial charge in [0.25, 0.3) is 0 Å². The lowest BCUT2D eigenvalue weighted by Crippen LogP contribution is -2.43. The molecule has 1 aliphatic heterocycles. The lowest BCUT2D eigenvalue weighted by molar-refractivity contribution is -0.128. The molecule has 0 spiro atoms. The fraction of sp³-hybridized carbons (Fsp3) is 0.257. The predicted molar refractivity (Wildman–Crippen MR) is 161 cm³/mol. The van der Waals surface area contributed by atoms with E-state index in [0.717, 1.165) is 22.3 Å². The third-order valence-electron chi connectivity index (χ3n) is 7.18. The molecule has 42 heavy (non-hydrogen) atoms. The molecular formula is C35H36N2O5. The molecule has 4 aromatic carbocycles. The second-order valence-electron chi connectivity index (χ2n) is 10.3. The van der Waals surface area contributed by atoms with Crippen molar-refractivity contribution in [3.05, 3.63) is 125 Å². The second-order valence-corrected chi connectivity index (χ2v) is 10.3. The number of carbonyl (C=O) groups is 2. The molecule has 1 atom stereocenters. The van der Waals surface area contributed by atoms with Gasteiger partial charge in [-0.1, -0.05) is 97.1 Å². The molecule has 0 aliphatic carbocycles. The number of hydrogen-bond donors (Lipinski definition) is 2. The first kappa shape index (κ1) is 28.7. The van der Waals surface area contributed by atoms with Crippen molar-refractivity contribution in [2.75, 3.05) is 13.1 Å². The molecule has 1 fully saturated rings. The zero-order valence-electron chi connectivity index (χ0n) is 23.6. The summed E-state index contributed by atoms with van der Waals surface area (Å²) in [6.07, 6.45) is 1.48. The van der Waals surface area contributed by atoms with Crippen LogP contribution in [-0.2, 0) is 35.8 Å². The second kappa shape index (κ2) is 14.7. The molecule has 216 valence electrons. The molecule has 0 saturated carbocycles. The summed E-state index contributed by atoms with van der Waals surface area (Å²) in [7, 11) is 0. The fourth-order valence-electron chi connectivity index (χ4n) is 4.81. The number of rotatable bonds is 13. The minimum absolute atomic E-state index is 0.00291. The highest BCUT2D eigenvalue weighted by Crippen LogP contribution is 2.42. The fourth-order valence-corrected chi connectivity index (χ4v) is 4.81. The Balaban J connectivity index is 1.38. The third-order valence-corrected chi connectivity index (χ3v) is 7.18. The van der Waals surface area contributed by atoms with Crippen molar-refractivity contribution in [1.29, 1.82) is 0 Å². The molecule has 1 heterocycles. The van der Waals surface area contributed by atoms with Crippen LogP contribution < -0.4 is 24.8 Å². The first-order chi connectivity index (χ1) is 20.7. The Labute approximate surface area is 246 Å². The van der Waals surface area contributed by atoms with Crippen molar-refractivity contribution < 1.29 is 23.8 Å². The van der Waals surface area contributed by atoms with E-state index in [1.54, 1.807) is 0 Å². The van der Waals surface area contributed by atoms with Gasteiger partial charge in [-0.15, -0.1) is 0 Å². The van der Waals surface area contributed by atoms with Crippen LogP contribution in [-0.4, -0.2) is 24.9 Å². The van der Waals surface area contributed by atoms with Crippen LogP contribution in [0.4, 0.5) is 0 Å². The Kier molecular flexibility index (Phi) is 10.1. The van der Waals surface area contributed by atoms with Gasteiger partial charge in [-0.3, -0.25) is 9.59 Å². The molecule has 1 unspecified atom stereocenters. The predicted octanol–water partition coefficient (Wildman–Crippen LogP) is 5.61. The highest BCUT2D eigenvalue weighted by atomic mass is 16.5. The smallest absolute Gasteiger partial charge is 0.224 e. The molecule has 7 nitrogen and oxygen atoms in total. The first-order valence-electron chi connectivity index (χ1n) is 14.4. The molecule has 5 rings (SSSR count). The van der Waals surface area contributed by atoms with Crippen molar-refractivity contribution in [3.8, 4) is 17.2 Å². The normalized spacial score (nSPS) is 14.5. The highest BCUT2D eigenvalue weighted by Gasteiger charge is 2.24. The van der Waals surface area contributed by atoms with Crippen molar-refractivity contribution in [3.63, 3.8) is 0 Å². The van der Waals surface area contributed by atoms with Crippen LogP contribution in [0.3, 0.4) is 0 Å². The summed E-state index contributed by atoms with van der Waals surface area (Å²) in [5, 5.41) is 5.81. The van der Waals surface area contributed by atoms with Gasteiger partial charge in [0.1, 0.15) is 19.8 Å². The Morgan fingerprint density at radius 3 is 1.81 bits per heavy atom. The number of amides is 2. The largest absolute Gasteiger partial charge is 0.485 e. The minimum Gasteiger partial charge on any atom is -0.485 e. The van der Waals surface area contributed by atoms with Crippen molar-refractivity contribution in [1.82, 2.24) is 10.6 Å². The number of ether oxygens (including phenoxy) is 3. The maximum absolute atomic E-state index is 12.8. The van der Waals surface area contributed by atoms with Gasteiger partial charge in [-0.2, -0.15) is 0 Å². The van der Waals surface area contributed by atoms with Crippen LogP contribution in [0.5, 0.6) is 17.2 Å². The summed E-state index contributed by atoms with van der Waals surface area (Å²) in [6, 6.07) is 33.8. The lowest BCUT2D eigenvalue weighted by Gasteiger charge is -2.22. The van der Waals surface area contributed by atoms with Gasteiger partial charge in [-0.05, 0) is 35.6 Å². The van der Waals surface area contributed by atoms with E-state index >= 15 is 0 Å². The Morgan fingerprint density at radius 1 is 0.714 bits per heavy atom. The highest BCUT2D eigenvalue weighted by molar-refractivity contribution is 5.83. The molecule has 0 bridgehead atoms. The first-order valence-corrected chi connectivity index (χ1v) is 14.4. The molecule has 2 N–H and O–H groups in total. The molecule has 2 amide bonds. The summed E-state index contributed by atoms with van der Waals surface area (Å²) in [5.74, 6) is 1.45. The maximum Gasteiger partial charge on any atom is 0.224 e. The van der Waals surface area contributed by atoms with Crippen molar-refractivity contribution in [2.24, 2.45) is 5.92 Å². The molecular weight excluding hydrogens is 528 g/mol. The van der Waals surface area contributed by atoms with Crippen LogP contribution in [0.25, 0.3) is 0 Å². The quantitative estimate of drug-likeness (QED) is 0.221. The van der Waals surface area contributed by atoms with E-state index in [1.165, 1.54) is 0 Å². The lowest BCUT2D eigenvalue weighted by atomic mass is 9.98. The van der Waals surface area contributed by atoms with Gasteiger partial charge >= 0.3 is 0 Å². The average Bonchev–Trinajstić information content (AvgIpc) is 3.04. The maximum atomic E-state index is 12.8. The van der Waals surface area contributed by atoms with Crippen LogP contribution in [0.2, 0.25) is 0 Å². The van der Waals surface area contributed by atoms with Crippen LogP contribution in [0.1, 0.15) is 35.1 Å². The molecule has 7 heteroatoms. The van der Waals surface area contributed by atoms with Crippen LogP contribution in [0.15, 0.2) is 103 Å². The van der Waals surface area contributed by atoms with Crippen LogP contribution >= 0.6 is 0 Å². The number of piperidine rings is 1. The molecule has 0 radical (unpaired) electrons. The van der Waals surface area contributed by atoms with E-state index in [4.69, 9.17) is 14.2 Å². The Bertz CT molecular complexity index is 1430. The zero-order chi connectivity index (χ0) is 29.0. The number of carbonyl (C=O) groups excluding carboxylic acids is 2. The Hall–Kier alpha value is -4.78. The molecule has 1 saturated heterocycles. The molecule has 0 aromatic heterocycles. The summed E-state index contributed by atoms with van der Waals surface area (Å²) in [6.45, 7) is 1.88. The zero-order valence-corrected chi connectivity index (χ0v) is 23.6. The van der Waals surface area contributed by atoms with Gasteiger partial charge in [0.2, 0.25) is 17.6 Å². The molecule has 4 aromatic rings.